The molecular formula is C11H12N2O3. The van der Waals surface area contributed by atoms with Gasteiger partial charge in [0, 0.05) is 18.7 Å². The minimum absolute atomic E-state index is 0.0989. The maximum Gasteiger partial charge on any atom is 0.269 e. The number of nitrogens with one attached hydrogen (secondary N) is 1. The third kappa shape index (κ3) is 1.90. The van der Waals surface area contributed by atoms with E-state index in [0.717, 1.165) is 11.1 Å². The first kappa shape index (κ1) is 10.6. The number of nitrogens with zero attached hydrogens (tertiary/aromatic N) is 1. The molecule has 84 valence electrons. The van der Waals surface area contributed by atoms with E-state index in [4.69, 9.17) is 0 Å². The Balaban J connectivity index is 2.29. The lowest BCUT2D eigenvalue weighted by molar-refractivity contribution is -0.384. The average Bonchev–Trinajstić information content (AvgIpc) is 2.27. The molecule has 0 radical (unpaired) electrons. The van der Waals surface area contributed by atoms with Crippen molar-refractivity contribution in [1.29, 1.82) is 0 Å². The molecule has 1 aromatic rings. The molecule has 0 aromatic heterocycles. The molecule has 0 saturated carbocycles. The largest absolute Gasteiger partial charge is 0.511 e. The highest BCUT2D eigenvalue weighted by molar-refractivity contribution is 5.41. The summed E-state index contributed by atoms with van der Waals surface area (Å²) < 4.78 is 0. The number of non-ortho nitro benzene ring substituents is 1. The SMILES string of the molecule is C=C(O)[C@@H]1Cc2ccc([N+](=O)[O-])cc2CN1. The van der Waals surface area contributed by atoms with E-state index in [1.807, 2.05) is 0 Å². The van der Waals surface area contributed by atoms with Crippen molar-refractivity contribution < 1.29 is 10.0 Å². The van der Waals surface area contributed by atoms with Crippen LogP contribution in [-0.4, -0.2) is 16.1 Å². The zero-order chi connectivity index (χ0) is 11.7. The van der Waals surface area contributed by atoms with Gasteiger partial charge >= 0.3 is 0 Å². The third-order valence-corrected chi connectivity index (χ3v) is 2.77. The zero-order valence-electron chi connectivity index (χ0n) is 8.64. The summed E-state index contributed by atoms with van der Waals surface area (Å²) in [6, 6.07) is 4.64. The molecule has 1 atom stereocenters. The molecule has 0 fully saturated rings. The molecule has 2 N–H and O–H groups in total. The standard InChI is InChI=1S/C11H12N2O3/c1-7(14)11-5-8-2-3-10(13(15)16)4-9(8)6-12-11/h2-4,11-12,14H,1,5-6H2/t11-/m0/s1. The van der Waals surface area contributed by atoms with Crippen LogP contribution < -0.4 is 5.32 Å². The van der Waals surface area contributed by atoms with Crippen molar-refractivity contribution in [2.75, 3.05) is 0 Å². The van der Waals surface area contributed by atoms with Gasteiger partial charge in [-0.3, -0.25) is 10.1 Å². The number of nitro groups is 1. The minimum Gasteiger partial charge on any atom is -0.511 e. The number of benzene rings is 1. The molecule has 16 heavy (non-hydrogen) atoms. The summed E-state index contributed by atoms with van der Waals surface area (Å²) in [4.78, 5) is 10.2. The smallest absolute Gasteiger partial charge is 0.269 e. The second-order valence-corrected chi connectivity index (χ2v) is 3.84. The quantitative estimate of drug-likeness (QED) is 0.451. The van der Waals surface area contributed by atoms with Crippen LogP contribution in [0.5, 0.6) is 0 Å². The number of hydrogen-bond donors (Lipinski definition) is 2. The maximum atomic E-state index is 10.6. The van der Waals surface area contributed by atoms with Gasteiger partial charge in [-0.25, -0.2) is 0 Å². The average molecular weight is 220 g/mol. The topological polar surface area (TPSA) is 75.4 Å². The monoisotopic (exact) mass is 220 g/mol. The number of fused-ring (bicyclic) bond motifs is 1. The maximum absolute atomic E-state index is 10.6. The normalized spacial score (nSPS) is 18.9. The summed E-state index contributed by atoms with van der Waals surface area (Å²) in [6.07, 6.45) is 0.614. The van der Waals surface area contributed by atoms with Gasteiger partial charge in [0.05, 0.1) is 11.0 Å². The van der Waals surface area contributed by atoms with Crippen molar-refractivity contribution in [1.82, 2.24) is 5.32 Å². The first-order chi connectivity index (χ1) is 7.58. The number of nitro benzene ring substituents is 1. The summed E-state index contributed by atoms with van der Waals surface area (Å²) in [6.45, 7) is 4.00. The summed E-state index contributed by atoms with van der Waals surface area (Å²) >= 11 is 0. The Bertz CT molecular complexity index is 457. The van der Waals surface area contributed by atoms with E-state index in [9.17, 15) is 15.2 Å². The van der Waals surface area contributed by atoms with E-state index in [1.54, 1.807) is 12.1 Å². The van der Waals surface area contributed by atoms with Gasteiger partial charge in [-0.05, 0) is 17.5 Å². The molecule has 1 aliphatic rings. The first-order valence-electron chi connectivity index (χ1n) is 4.95. The van der Waals surface area contributed by atoms with Crippen molar-refractivity contribution in [3.05, 3.63) is 51.8 Å². The molecule has 2 rings (SSSR count). The molecule has 0 aliphatic carbocycles. The Hall–Kier alpha value is -1.88. The zero-order valence-corrected chi connectivity index (χ0v) is 8.64. The van der Waals surface area contributed by atoms with Crippen LogP contribution >= 0.6 is 0 Å². The second kappa shape index (κ2) is 3.94. The van der Waals surface area contributed by atoms with Crippen LogP contribution in [0, 0.1) is 10.1 Å². The van der Waals surface area contributed by atoms with Crippen LogP contribution in [0.2, 0.25) is 0 Å². The highest BCUT2D eigenvalue weighted by Crippen LogP contribution is 2.23. The lowest BCUT2D eigenvalue weighted by Crippen LogP contribution is -2.36. The van der Waals surface area contributed by atoms with Crippen LogP contribution in [0.25, 0.3) is 0 Å². The highest BCUT2D eigenvalue weighted by atomic mass is 16.6. The Kier molecular flexibility index (Phi) is 2.62. The van der Waals surface area contributed by atoms with Crippen molar-refractivity contribution in [3.63, 3.8) is 0 Å². The molecule has 1 aliphatic heterocycles. The van der Waals surface area contributed by atoms with Crippen LogP contribution in [0.4, 0.5) is 5.69 Å². The number of aliphatic hydroxyl groups excluding tert-OH is 1. The Morgan fingerprint density at radius 3 is 2.94 bits per heavy atom. The predicted octanol–water partition coefficient (Wildman–Crippen LogP) is 1.68. The van der Waals surface area contributed by atoms with Gasteiger partial charge in [-0.15, -0.1) is 0 Å². The summed E-state index contributed by atoms with van der Waals surface area (Å²) in [7, 11) is 0. The van der Waals surface area contributed by atoms with Crippen molar-refractivity contribution >= 4 is 5.69 Å². The summed E-state index contributed by atoms with van der Waals surface area (Å²) in [5.74, 6) is 0.101. The van der Waals surface area contributed by atoms with Crippen molar-refractivity contribution in [2.45, 2.75) is 19.0 Å². The fourth-order valence-electron chi connectivity index (χ4n) is 1.85. The number of rotatable bonds is 2. The third-order valence-electron chi connectivity index (χ3n) is 2.77. The summed E-state index contributed by atoms with van der Waals surface area (Å²) in [5, 5.41) is 22.9. The van der Waals surface area contributed by atoms with Gasteiger partial charge in [-0.1, -0.05) is 12.6 Å². The van der Waals surface area contributed by atoms with E-state index >= 15 is 0 Å². The molecule has 0 amide bonds. The van der Waals surface area contributed by atoms with Gasteiger partial charge in [0.15, 0.2) is 0 Å². The van der Waals surface area contributed by atoms with Gasteiger partial charge in [0.1, 0.15) is 5.76 Å². The molecule has 5 heteroatoms. The van der Waals surface area contributed by atoms with Gasteiger partial charge in [0.25, 0.3) is 5.69 Å². The molecule has 0 saturated heterocycles. The van der Waals surface area contributed by atoms with E-state index in [-0.39, 0.29) is 17.5 Å². The molecule has 1 heterocycles. The fraction of sp³-hybridized carbons (Fsp3) is 0.273. The summed E-state index contributed by atoms with van der Waals surface area (Å²) in [5.41, 5.74) is 2.03. The second-order valence-electron chi connectivity index (χ2n) is 3.84. The predicted molar refractivity (Wildman–Crippen MR) is 59.2 cm³/mol. The van der Waals surface area contributed by atoms with E-state index in [0.29, 0.717) is 13.0 Å². The number of hydrogen-bond acceptors (Lipinski definition) is 4. The Morgan fingerprint density at radius 1 is 1.56 bits per heavy atom. The van der Waals surface area contributed by atoms with E-state index in [2.05, 4.69) is 11.9 Å². The van der Waals surface area contributed by atoms with Gasteiger partial charge in [0.2, 0.25) is 0 Å². The van der Waals surface area contributed by atoms with Gasteiger partial charge < -0.3 is 10.4 Å². The minimum atomic E-state index is -0.405. The molecule has 0 unspecified atom stereocenters. The van der Waals surface area contributed by atoms with Crippen LogP contribution in [0.15, 0.2) is 30.5 Å². The Morgan fingerprint density at radius 2 is 2.31 bits per heavy atom. The molecule has 5 nitrogen and oxygen atoms in total. The highest BCUT2D eigenvalue weighted by Gasteiger charge is 2.21. The number of aliphatic hydroxyl groups is 1. The lowest BCUT2D eigenvalue weighted by atomic mass is 9.95. The molecule has 1 aromatic carbocycles. The molecule has 0 spiro atoms. The van der Waals surface area contributed by atoms with E-state index < -0.39 is 4.92 Å². The van der Waals surface area contributed by atoms with Crippen LogP contribution in [0.1, 0.15) is 11.1 Å². The van der Waals surface area contributed by atoms with E-state index in [1.165, 1.54) is 6.07 Å². The first-order valence-corrected chi connectivity index (χ1v) is 4.95. The van der Waals surface area contributed by atoms with Crippen LogP contribution in [0.3, 0.4) is 0 Å². The Labute approximate surface area is 92.6 Å². The lowest BCUT2D eigenvalue weighted by Gasteiger charge is -2.24. The van der Waals surface area contributed by atoms with Crippen LogP contribution in [-0.2, 0) is 13.0 Å². The van der Waals surface area contributed by atoms with Gasteiger partial charge in [-0.2, -0.15) is 0 Å². The van der Waals surface area contributed by atoms with Crippen molar-refractivity contribution in [3.8, 4) is 0 Å². The van der Waals surface area contributed by atoms with Crippen molar-refractivity contribution in [2.24, 2.45) is 0 Å². The molecular weight excluding hydrogens is 208 g/mol. The molecule has 0 bridgehead atoms. The fourth-order valence-corrected chi connectivity index (χ4v) is 1.85.